The van der Waals surface area contributed by atoms with Crippen molar-refractivity contribution in [3.05, 3.63) is 51.3 Å². The highest BCUT2D eigenvalue weighted by Gasteiger charge is 2.61. The molecular weight excluding hydrogens is 388 g/mol. The number of aromatic nitrogens is 3. The molecule has 0 radical (unpaired) electrons. The molecule has 2 aliphatic heterocycles. The highest BCUT2D eigenvalue weighted by Crippen LogP contribution is 2.46. The second-order valence-electron chi connectivity index (χ2n) is 7.76. The standard InChI is InChI=1S/C21H22N4O5/c1-2-3-7-12-29-22-15-14-10-11-23-20(27)24(13-8-5-4-6-9-13)21(28)25(23)16(14)17(26)19-18(15)30-19/h1,4-6,8-9,14,16-19,26H,3,7,10-12H2/b22-15-/t14-,16-,17+,18-,19+/m1/s1. The molecule has 2 aromatic rings. The first-order chi connectivity index (χ1) is 14.6. The molecule has 3 aliphatic rings. The highest BCUT2D eigenvalue weighted by atomic mass is 16.6. The summed E-state index contributed by atoms with van der Waals surface area (Å²) in [5, 5.41) is 15.2. The molecule has 2 fully saturated rings. The van der Waals surface area contributed by atoms with Crippen molar-refractivity contribution in [1.82, 2.24) is 13.9 Å². The number of aliphatic hydroxyl groups excluding tert-OH is 1. The van der Waals surface area contributed by atoms with Gasteiger partial charge in [-0.15, -0.1) is 12.3 Å². The van der Waals surface area contributed by atoms with Gasteiger partial charge < -0.3 is 14.7 Å². The lowest BCUT2D eigenvalue weighted by atomic mass is 9.78. The number of terminal acetylenes is 1. The molecule has 30 heavy (non-hydrogen) atoms. The van der Waals surface area contributed by atoms with Crippen molar-refractivity contribution in [2.45, 2.75) is 50.2 Å². The Labute approximate surface area is 172 Å². The van der Waals surface area contributed by atoms with Gasteiger partial charge in [0.15, 0.2) is 0 Å². The van der Waals surface area contributed by atoms with Crippen molar-refractivity contribution in [2.24, 2.45) is 11.1 Å². The first-order valence-corrected chi connectivity index (χ1v) is 10.1. The maximum atomic E-state index is 13.3. The number of aliphatic hydroxyl groups is 1. The highest BCUT2D eigenvalue weighted by molar-refractivity contribution is 5.94. The fourth-order valence-electron chi connectivity index (χ4n) is 4.60. The summed E-state index contributed by atoms with van der Waals surface area (Å²) in [6.07, 6.45) is 5.44. The van der Waals surface area contributed by atoms with Gasteiger partial charge in [-0.05, 0) is 25.0 Å². The van der Waals surface area contributed by atoms with Crippen LogP contribution in [-0.2, 0) is 16.1 Å². The number of nitrogens with zero attached hydrogens (tertiary/aromatic N) is 4. The Morgan fingerprint density at radius 3 is 2.83 bits per heavy atom. The Hall–Kier alpha value is -3.09. The maximum absolute atomic E-state index is 13.3. The van der Waals surface area contributed by atoms with Crippen molar-refractivity contribution >= 4 is 5.71 Å². The predicted octanol–water partition coefficient (Wildman–Crippen LogP) is 0.290. The number of para-hydroxylation sites is 1. The lowest BCUT2D eigenvalue weighted by molar-refractivity contribution is 0.0323. The topological polar surface area (TPSA) is 103 Å². The van der Waals surface area contributed by atoms with Crippen LogP contribution in [0.4, 0.5) is 0 Å². The third-order valence-electron chi connectivity index (χ3n) is 6.03. The summed E-state index contributed by atoms with van der Waals surface area (Å²) in [6, 6.07) is 8.14. The van der Waals surface area contributed by atoms with Gasteiger partial charge in [0.05, 0.1) is 17.4 Å². The first kappa shape index (κ1) is 18.9. The van der Waals surface area contributed by atoms with Gasteiger partial charge >= 0.3 is 11.4 Å². The summed E-state index contributed by atoms with van der Waals surface area (Å²) in [6.45, 7) is 0.732. The molecule has 1 aromatic carbocycles. The molecule has 0 unspecified atom stereocenters. The van der Waals surface area contributed by atoms with Gasteiger partial charge in [0.25, 0.3) is 0 Å². The minimum atomic E-state index is -0.907. The molecule has 0 amide bonds. The van der Waals surface area contributed by atoms with Gasteiger partial charge in [-0.1, -0.05) is 23.4 Å². The molecule has 9 nitrogen and oxygen atoms in total. The van der Waals surface area contributed by atoms with Crippen LogP contribution < -0.4 is 11.4 Å². The van der Waals surface area contributed by atoms with Crippen molar-refractivity contribution in [1.29, 1.82) is 0 Å². The number of ether oxygens (including phenoxy) is 1. The van der Waals surface area contributed by atoms with Crippen LogP contribution in [0.25, 0.3) is 5.69 Å². The van der Waals surface area contributed by atoms with E-state index in [0.717, 1.165) is 4.57 Å². The van der Waals surface area contributed by atoms with Gasteiger partial charge in [0.2, 0.25) is 0 Å². The quantitative estimate of drug-likeness (QED) is 0.330. The molecule has 5 atom stereocenters. The average molecular weight is 410 g/mol. The molecule has 1 saturated heterocycles. The Kier molecular flexibility index (Phi) is 4.60. The number of unbranched alkanes of at least 4 members (excludes halogenated alkanes) is 1. The normalized spacial score (nSPS) is 30.1. The second-order valence-corrected chi connectivity index (χ2v) is 7.76. The summed E-state index contributed by atoms with van der Waals surface area (Å²) < 4.78 is 9.57. The summed E-state index contributed by atoms with van der Waals surface area (Å²) >= 11 is 0. The zero-order valence-corrected chi connectivity index (χ0v) is 16.3. The van der Waals surface area contributed by atoms with E-state index in [9.17, 15) is 14.7 Å². The average Bonchev–Trinajstić information content (AvgIpc) is 3.52. The molecule has 1 N–H and O–H groups in total. The third-order valence-corrected chi connectivity index (χ3v) is 6.03. The number of hydrogen-bond acceptors (Lipinski definition) is 6. The van der Waals surface area contributed by atoms with Crippen molar-refractivity contribution in [3.8, 4) is 18.0 Å². The Morgan fingerprint density at radius 2 is 2.07 bits per heavy atom. The van der Waals surface area contributed by atoms with Crippen LogP contribution in [0.2, 0.25) is 0 Å². The molecule has 1 saturated carbocycles. The van der Waals surface area contributed by atoms with E-state index in [4.69, 9.17) is 16.0 Å². The van der Waals surface area contributed by atoms with Crippen LogP contribution in [-0.4, -0.2) is 49.7 Å². The Bertz CT molecular complexity index is 1140. The van der Waals surface area contributed by atoms with Crippen LogP contribution in [0.3, 0.4) is 0 Å². The van der Waals surface area contributed by atoms with E-state index in [-0.39, 0.29) is 12.0 Å². The molecular formula is C21H22N4O5. The van der Waals surface area contributed by atoms with Gasteiger partial charge in [0, 0.05) is 18.9 Å². The van der Waals surface area contributed by atoms with Crippen molar-refractivity contribution < 1.29 is 14.7 Å². The Morgan fingerprint density at radius 1 is 1.27 bits per heavy atom. The zero-order chi connectivity index (χ0) is 20.8. The fourth-order valence-corrected chi connectivity index (χ4v) is 4.60. The van der Waals surface area contributed by atoms with Gasteiger partial charge in [-0.25, -0.2) is 23.5 Å². The molecule has 0 bridgehead atoms. The summed E-state index contributed by atoms with van der Waals surface area (Å²) in [7, 11) is 0. The third kappa shape index (κ3) is 2.83. The maximum Gasteiger partial charge on any atom is 0.352 e. The molecule has 1 aliphatic carbocycles. The van der Waals surface area contributed by atoms with E-state index in [1.54, 1.807) is 24.3 Å². The number of fused-ring (bicyclic) bond motifs is 4. The van der Waals surface area contributed by atoms with Crippen LogP contribution in [0.5, 0.6) is 0 Å². The van der Waals surface area contributed by atoms with E-state index in [0.29, 0.717) is 43.8 Å². The van der Waals surface area contributed by atoms with Gasteiger partial charge in [0.1, 0.15) is 24.9 Å². The molecule has 1 aromatic heterocycles. The first-order valence-electron chi connectivity index (χ1n) is 10.1. The minimum absolute atomic E-state index is 0.250. The summed E-state index contributed by atoms with van der Waals surface area (Å²) in [5.41, 5.74) is 0.289. The SMILES string of the molecule is C#CCCCO/N=C1/[C@H]2CCn3c(=O)n(-c4ccccc4)c(=O)n3[C@H]2[C@H](O)[C@@H]2O[C@H]12. The molecule has 3 heterocycles. The van der Waals surface area contributed by atoms with Crippen molar-refractivity contribution in [3.63, 3.8) is 0 Å². The molecule has 9 heteroatoms. The van der Waals surface area contributed by atoms with Crippen LogP contribution in [0.15, 0.2) is 45.1 Å². The van der Waals surface area contributed by atoms with Gasteiger partial charge in [-0.2, -0.15) is 0 Å². The van der Waals surface area contributed by atoms with E-state index in [1.165, 1.54) is 9.36 Å². The predicted molar refractivity (Wildman–Crippen MR) is 108 cm³/mol. The number of epoxide rings is 1. The van der Waals surface area contributed by atoms with E-state index >= 15 is 0 Å². The van der Waals surface area contributed by atoms with Crippen molar-refractivity contribution in [2.75, 3.05) is 6.61 Å². The largest absolute Gasteiger partial charge is 0.396 e. The fraction of sp³-hybridized carbons (Fsp3) is 0.476. The molecule has 5 rings (SSSR count). The number of hydrogen-bond donors (Lipinski definition) is 1. The Balaban J connectivity index is 1.53. The lowest BCUT2D eigenvalue weighted by Crippen LogP contribution is -2.53. The molecule has 156 valence electrons. The minimum Gasteiger partial charge on any atom is -0.396 e. The van der Waals surface area contributed by atoms with E-state index < -0.39 is 29.6 Å². The monoisotopic (exact) mass is 410 g/mol. The smallest absolute Gasteiger partial charge is 0.352 e. The lowest BCUT2D eigenvalue weighted by Gasteiger charge is -2.38. The van der Waals surface area contributed by atoms with E-state index in [2.05, 4.69) is 11.1 Å². The van der Waals surface area contributed by atoms with E-state index in [1.807, 2.05) is 6.07 Å². The number of rotatable bonds is 5. The van der Waals surface area contributed by atoms with Crippen LogP contribution in [0.1, 0.15) is 25.3 Å². The zero-order valence-electron chi connectivity index (χ0n) is 16.3. The number of benzene rings is 1. The summed E-state index contributed by atoms with van der Waals surface area (Å²) in [4.78, 5) is 31.7. The summed E-state index contributed by atoms with van der Waals surface area (Å²) in [5.74, 6) is 2.30. The van der Waals surface area contributed by atoms with Crippen LogP contribution in [0, 0.1) is 18.3 Å². The van der Waals surface area contributed by atoms with Crippen LogP contribution >= 0.6 is 0 Å². The number of oxime groups is 1. The van der Waals surface area contributed by atoms with Gasteiger partial charge in [-0.3, -0.25) is 0 Å². The second kappa shape index (κ2) is 7.31. The molecule has 0 spiro atoms.